The van der Waals surface area contributed by atoms with Gasteiger partial charge in [-0.25, -0.2) is 4.98 Å². The molecule has 0 bridgehead atoms. The number of fused-ring (bicyclic) bond motifs is 2. The van der Waals surface area contributed by atoms with Crippen molar-refractivity contribution >= 4 is 33.4 Å². The quantitative estimate of drug-likeness (QED) is 0.376. The van der Waals surface area contributed by atoms with Crippen LogP contribution in [-0.2, 0) is 4.74 Å². The van der Waals surface area contributed by atoms with E-state index in [4.69, 9.17) is 26.1 Å². The molecule has 1 aliphatic heterocycles. The van der Waals surface area contributed by atoms with Crippen LogP contribution in [0.3, 0.4) is 0 Å². The van der Waals surface area contributed by atoms with Gasteiger partial charge < -0.3 is 19.2 Å². The van der Waals surface area contributed by atoms with Crippen LogP contribution in [0.25, 0.3) is 33.2 Å². The van der Waals surface area contributed by atoms with E-state index in [1.165, 1.54) is 18.2 Å². The van der Waals surface area contributed by atoms with Crippen LogP contribution in [0.1, 0.15) is 12.8 Å². The third-order valence-electron chi connectivity index (χ3n) is 5.30. The van der Waals surface area contributed by atoms with E-state index in [2.05, 4.69) is 9.72 Å². The Hall–Kier alpha value is -2.97. The van der Waals surface area contributed by atoms with Crippen molar-refractivity contribution < 1.29 is 27.4 Å². The first-order chi connectivity index (χ1) is 15.4. The number of hydrogen-bond acceptors (Lipinski definition) is 4. The Morgan fingerprint density at radius 1 is 1.03 bits per heavy atom. The number of ether oxygens (including phenoxy) is 3. The van der Waals surface area contributed by atoms with Gasteiger partial charge in [0.25, 0.3) is 0 Å². The summed E-state index contributed by atoms with van der Waals surface area (Å²) in [6.45, 7) is 1.25. The summed E-state index contributed by atoms with van der Waals surface area (Å²) >= 11 is 6.37. The second-order valence-electron chi connectivity index (χ2n) is 7.56. The Labute approximate surface area is 186 Å². The SMILES string of the molecule is FC(F)(F)Oc1ccc2[nH]c(-c3nc4c(Cl)cccc4cc3OC3CCOCC3)cc2c1. The van der Waals surface area contributed by atoms with Crippen molar-refractivity contribution in [3.8, 4) is 22.9 Å². The van der Waals surface area contributed by atoms with Gasteiger partial charge in [-0.05, 0) is 36.4 Å². The monoisotopic (exact) mass is 462 g/mol. The van der Waals surface area contributed by atoms with Gasteiger partial charge in [0.15, 0.2) is 0 Å². The molecule has 0 atom stereocenters. The molecule has 166 valence electrons. The summed E-state index contributed by atoms with van der Waals surface area (Å²) in [5.74, 6) is 0.286. The zero-order chi connectivity index (χ0) is 22.3. The van der Waals surface area contributed by atoms with E-state index in [0.717, 1.165) is 18.2 Å². The standard InChI is InChI=1S/C23H18ClF3N2O3/c24-17-3-1-2-13-12-20(31-15-6-8-30-9-7-15)22(29-21(13)17)19-11-14-10-16(32-23(25,26)27)4-5-18(14)28-19/h1-5,10-12,15,28H,6-9H2. The van der Waals surface area contributed by atoms with Crippen molar-refractivity contribution in [2.45, 2.75) is 25.3 Å². The third-order valence-corrected chi connectivity index (χ3v) is 5.61. The molecule has 3 heterocycles. The Morgan fingerprint density at radius 2 is 1.84 bits per heavy atom. The number of aromatic amines is 1. The number of pyridine rings is 1. The number of hydrogen-bond donors (Lipinski definition) is 1. The van der Waals surface area contributed by atoms with Gasteiger partial charge in [0.05, 0.1) is 29.4 Å². The number of nitrogens with one attached hydrogen (secondary N) is 1. The van der Waals surface area contributed by atoms with Crippen LogP contribution >= 0.6 is 11.6 Å². The second kappa shape index (κ2) is 8.18. The Morgan fingerprint density at radius 3 is 2.62 bits per heavy atom. The molecule has 5 rings (SSSR count). The van der Waals surface area contributed by atoms with Crippen molar-refractivity contribution in [2.24, 2.45) is 0 Å². The highest BCUT2D eigenvalue weighted by atomic mass is 35.5. The number of rotatable bonds is 4. The summed E-state index contributed by atoms with van der Waals surface area (Å²) in [7, 11) is 0. The molecule has 9 heteroatoms. The molecule has 0 aliphatic carbocycles. The molecule has 5 nitrogen and oxygen atoms in total. The minimum absolute atomic E-state index is 0.0166. The minimum atomic E-state index is -4.76. The molecule has 2 aromatic heterocycles. The van der Waals surface area contributed by atoms with Crippen LogP contribution in [-0.4, -0.2) is 35.6 Å². The molecule has 0 amide bonds. The number of aromatic nitrogens is 2. The first-order valence-corrected chi connectivity index (χ1v) is 10.5. The highest BCUT2D eigenvalue weighted by Gasteiger charge is 2.31. The van der Waals surface area contributed by atoms with Crippen molar-refractivity contribution in [1.29, 1.82) is 0 Å². The smallest absolute Gasteiger partial charge is 0.488 e. The lowest BCUT2D eigenvalue weighted by Crippen LogP contribution is -2.26. The van der Waals surface area contributed by atoms with E-state index in [1.807, 2.05) is 18.2 Å². The summed E-state index contributed by atoms with van der Waals surface area (Å²) < 4.78 is 53.5. The lowest BCUT2D eigenvalue weighted by molar-refractivity contribution is -0.274. The second-order valence-corrected chi connectivity index (χ2v) is 7.96. The fraction of sp³-hybridized carbons (Fsp3) is 0.261. The molecule has 4 aromatic rings. The molecule has 0 unspecified atom stereocenters. The first-order valence-electron chi connectivity index (χ1n) is 10.1. The van der Waals surface area contributed by atoms with Crippen LogP contribution in [0.4, 0.5) is 13.2 Å². The molecule has 1 aliphatic rings. The van der Waals surface area contributed by atoms with Crippen LogP contribution in [0, 0.1) is 0 Å². The van der Waals surface area contributed by atoms with E-state index in [0.29, 0.717) is 51.8 Å². The van der Waals surface area contributed by atoms with Gasteiger partial charge in [-0.1, -0.05) is 23.7 Å². The van der Waals surface area contributed by atoms with Crippen molar-refractivity contribution in [2.75, 3.05) is 13.2 Å². The van der Waals surface area contributed by atoms with Gasteiger partial charge in [0, 0.05) is 29.1 Å². The molecule has 1 N–H and O–H groups in total. The van der Waals surface area contributed by atoms with Crippen LogP contribution in [0.15, 0.2) is 48.5 Å². The molecule has 0 saturated carbocycles. The maximum atomic E-state index is 12.6. The van der Waals surface area contributed by atoms with Gasteiger partial charge >= 0.3 is 6.36 Å². The summed E-state index contributed by atoms with van der Waals surface area (Å²) in [4.78, 5) is 7.97. The first kappa shape index (κ1) is 20.9. The van der Waals surface area contributed by atoms with Gasteiger partial charge in [0.2, 0.25) is 0 Å². The maximum absolute atomic E-state index is 12.6. The minimum Gasteiger partial charge on any atom is -0.488 e. The number of para-hydroxylation sites is 1. The summed E-state index contributed by atoms with van der Waals surface area (Å²) in [5.41, 5.74) is 2.40. The molecule has 1 saturated heterocycles. The van der Waals surface area contributed by atoms with Crippen molar-refractivity contribution in [3.63, 3.8) is 0 Å². The number of halogens is 4. The maximum Gasteiger partial charge on any atom is 0.573 e. The lowest BCUT2D eigenvalue weighted by Gasteiger charge is -2.24. The highest BCUT2D eigenvalue weighted by molar-refractivity contribution is 6.35. The van der Waals surface area contributed by atoms with Gasteiger partial charge in [-0.15, -0.1) is 13.2 Å². The van der Waals surface area contributed by atoms with Gasteiger partial charge in [-0.3, -0.25) is 0 Å². The summed E-state index contributed by atoms with van der Waals surface area (Å²) in [5, 5.41) is 1.89. The molecule has 0 radical (unpaired) electrons. The van der Waals surface area contributed by atoms with Crippen LogP contribution in [0.5, 0.6) is 11.5 Å². The van der Waals surface area contributed by atoms with E-state index >= 15 is 0 Å². The Bertz CT molecular complexity index is 1280. The van der Waals surface area contributed by atoms with Crippen molar-refractivity contribution in [1.82, 2.24) is 9.97 Å². The average molecular weight is 463 g/mol. The van der Waals surface area contributed by atoms with Gasteiger partial charge in [-0.2, -0.15) is 0 Å². The topological polar surface area (TPSA) is 56.4 Å². The van der Waals surface area contributed by atoms with E-state index in [9.17, 15) is 13.2 Å². The van der Waals surface area contributed by atoms with E-state index in [1.54, 1.807) is 12.1 Å². The number of alkyl halides is 3. The average Bonchev–Trinajstić information content (AvgIpc) is 3.16. The number of H-pyrrole nitrogens is 1. The summed E-state index contributed by atoms with van der Waals surface area (Å²) in [6, 6.07) is 13.2. The fourth-order valence-electron chi connectivity index (χ4n) is 3.83. The number of nitrogens with zero attached hydrogens (tertiary/aromatic N) is 1. The molecule has 2 aromatic carbocycles. The normalized spacial score (nSPS) is 15.4. The summed E-state index contributed by atoms with van der Waals surface area (Å²) in [6.07, 6.45) is -3.25. The van der Waals surface area contributed by atoms with Gasteiger partial charge in [0.1, 0.15) is 23.3 Å². The largest absolute Gasteiger partial charge is 0.573 e. The third kappa shape index (κ3) is 4.33. The van der Waals surface area contributed by atoms with Crippen LogP contribution in [0.2, 0.25) is 5.02 Å². The molecular weight excluding hydrogens is 445 g/mol. The zero-order valence-electron chi connectivity index (χ0n) is 16.7. The molecule has 32 heavy (non-hydrogen) atoms. The van der Waals surface area contributed by atoms with E-state index < -0.39 is 6.36 Å². The lowest BCUT2D eigenvalue weighted by atomic mass is 10.1. The molecular formula is C23H18ClF3N2O3. The Kier molecular flexibility index (Phi) is 5.35. The molecule has 0 spiro atoms. The molecule has 1 fully saturated rings. The zero-order valence-corrected chi connectivity index (χ0v) is 17.5. The highest BCUT2D eigenvalue weighted by Crippen LogP contribution is 2.37. The number of benzene rings is 2. The Balaban J connectivity index is 1.60. The van der Waals surface area contributed by atoms with Crippen molar-refractivity contribution in [3.05, 3.63) is 53.6 Å². The fourth-order valence-corrected chi connectivity index (χ4v) is 4.06. The van der Waals surface area contributed by atoms with Crippen LogP contribution < -0.4 is 9.47 Å². The predicted molar refractivity (Wildman–Crippen MR) is 115 cm³/mol. The predicted octanol–water partition coefficient (Wildman–Crippen LogP) is 6.49. The van der Waals surface area contributed by atoms with E-state index in [-0.39, 0.29) is 11.9 Å².